The van der Waals surface area contributed by atoms with E-state index in [0.29, 0.717) is 6.54 Å². The van der Waals surface area contributed by atoms with Gasteiger partial charge in [0.15, 0.2) is 0 Å². The van der Waals surface area contributed by atoms with Crippen LogP contribution < -0.4 is 5.32 Å². The Morgan fingerprint density at radius 3 is 2.23 bits per heavy atom. The topological polar surface area (TPSA) is 12.0 Å². The molecule has 0 radical (unpaired) electrons. The van der Waals surface area contributed by atoms with E-state index in [-0.39, 0.29) is 0 Å². The highest BCUT2D eigenvalue weighted by atomic mass is 19.1. The van der Waals surface area contributed by atoms with Crippen LogP contribution in [0.1, 0.15) is 19.4 Å². The minimum absolute atomic E-state index is 0.343. The van der Waals surface area contributed by atoms with Crippen LogP contribution in [-0.2, 0) is 0 Å². The second kappa shape index (κ2) is 3.77. The third kappa shape index (κ3) is 3.92. The molecule has 1 aromatic carbocycles. The highest BCUT2D eigenvalue weighted by Crippen LogP contribution is 2.12. The quantitative estimate of drug-likeness (QED) is 0.755. The van der Waals surface area contributed by atoms with Crippen LogP contribution in [0.15, 0.2) is 24.3 Å². The number of benzene rings is 1. The Kier molecular flexibility index (Phi) is 2.91. The first-order chi connectivity index (χ1) is 5.97. The van der Waals surface area contributed by atoms with Crippen LogP contribution in [-0.4, -0.2) is 12.2 Å². The standard InChI is InChI=1S/C11H16FN/c1-9-4-6-10(7-5-9)13-8-11(2,3)12/h4-7,13H,8H2,1-3H3. The molecule has 1 nitrogen and oxygen atoms in total. The van der Waals surface area contributed by atoms with Crippen molar-refractivity contribution in [3.05, 3.63) is 29.8 Å². The number of aryl methyl sites for hydroxylation is 1. The zero-order chi connectivity index (χ0) is 9.90. The average Bonchev–Trinajstić information content (AvgIpc) is 2.02. The molecule has 0 atom stereocenters. The molecule has 1 rings (SSSR count). The fraction of sp³-hybridized carbons (Fsp3) is 0.455. The van der Waals surface area contributed by atoms with Gasteiger partial charge in [-0.05, 0) is 32.9 Å². The van der Waals surface area contributed by atoms with E-state index in [2.05, 4.69) is 5.32 Å². The SMILES string of the molecule is Cc1ccc(NCC(C)(C)F)cc1. The predicted molar refractivity (Wildman–Crippen MR) is 54.9 cm³/mol. The third-order valence-electron chi connectivity index (χ3n) is 1.76. The molecule has 0 saturated heterocycles. The van der Waals surface area contributed by atoms with Crippen LogP contribution in [0.25, 0.3) is 0 Å². The summed E-state index contributed by atoms with van der Waals surface area (Å²) >= 11 is 0. The largest absolute Gasteiger partial charge is 0.382 e. The van der Waals surface area contributed by atoms with Gasteiger partial charge in [0.1, 0.15) is 5.67 Å². The average molecular weight is 181 g/mol. The number of anilines is 1. The van der Waals surface area contributed by atoms with Crippen LogP contribution in [0, 0.1) is 6.92 Å². The lowest BCUT2D eigenvalue weighted by Gasteiger charge is -2.15. The lowest BCUT2D eigenvalue weighted by Crippen LogP contribution is -2.24. The lowest BCUT2D eigenvalue weighted by molar-refractivity contribution is 0.235. The maximum absolute atomic E-state index is 13.1. The zero-order valence-electron chi connectivity index (χ0n) is 8.39. The van der Waals surface area contributed by atoms with Gasteiger partial charge >= 0.3 is 0 Å². The van der Waals surface area contributed by atoms with Crippen molar-refractivity contribution < 1.29 is 4.39 Å². The molecular weight excluding hydrogens is 165 g/mol. The van der Waals surface area contributed by atoms with Crippen molar-refractivity contribution in [1.29, 1.82) is 0 Å². The molecule has 72 valence electrons. The Balaban J connectivity index is 2.51. The summed E-state index contributed by atoms with van der Waals surface area (Å²) in [5.74, 6) is 0. The molecule has 0 saturated carbocycles. The number of hydrogen-bond acceptors (Lipinski definition) is 1. The fourth-order valence-corrected chi connectivity index (χ4v) is 0.984. The summed E-state index contributed by atoms with van der Waals surface area (Å²) in [6.07, 6.45) is 0. The van der Waals surface area contributed by atoms with Gasteiger partial charge in [-0.15, -0.1) is 0 Å². The van der Waals surface area contributed by atoms with Gasteiger partial charge in [0, 0.05) is 12.2 Å². The van der Waals surface area contributed by atoms with Gasteiger partial charge in [-0.25, -0.2) is 4.39 Å². The fourth-order valence-electron chi connectivity index (χ4n) is 0.984. The van der Waals surface area contributed by atoms with E-state index in [0.717, 1.165) is 5.69 Å². The lowest BCUT2D eigenvalue weighted by atomic mass is 10.1. The first kappa shape index (κ1) is 10.0. The highest BCUT2D eigenvalue weighted by molar-refractivity contribution is 5.44. The summed E-state index contributed by atoms with van der Waals surface area (Å²) in [5.41, 5.74) is 1.02. The van der Waals surface area contributed by atoms with E-state index in [1.807, 2.05) is 31.2 Å². The molecule has 0 aromatic heterocycles. The molecule has 0 aliphatic carbocycles. The van der Waals surface area contributed by atoms with Gasteiger partial charge in [0.05, 0.1) is 0 Å². The summed E-state index contributed by atoms with van der Waals surface area (Å²) in [5, 5.41) is 3.04. The molecule has 0 amide bonds. The molecule has 0 aliphatic heterocycles. The van der Waals surface area contributed by atoms with Crippen molar-refractivity contribution in [3.63, 3.8) is 0 Å². The molecule has 1 N–H and O–H groups in total. The van der Waals surface area contributed by atoms with Crippen molar-refractivity contribution in [3.8, 4) is 0 Å². The van der Waals surface area contributed by atoms with Gasteiger partial charge in [-0.2, -0.15) is 0 Å². The number of nitrogens with one attached hydrogen (secondary N) is 1. The first-order valence-electron chi connectivity index (χ1n) is 4.47. The predicted octanol–water partition coefficient (Wildman–Crippen LogP) is 3.16. The molecule has 0 fully saturated rings. The highest BCUT2D eigenvalue weighted by Gasteiger charge is 2.14. The van der Waals surface area contributed by atoms with Gasteiger partial charge < -0.3 is 5.32 Å². The van der Waals surface area contributed by atoms with Crippen LogP contribution in [0.4, 0.5) is 10.1 Å². The van der Waals surface area contributed by atoms with E-state index >= 15 is 0 Å². The van der Waals surface area contributed by atoms with E-state index in [4.69, 9.17) is 0 Å². The Morgan fingerprint density at radius 2 is 1.77 bits per heavy atom. The second-order valence-electron chi connectivity index (χ2n) is 3.94. The van der Waals surface area contributed by atoms with E-state index in [9.17, 15) is 4.39 Å². The molecule has 2 heteroatoms. The van der Waals surface area contributed by atoms with Crippen molar-refractivity contribution in [1.82, 2.24) is 0 Å². The normalized spacial score (nSPS) is 11.4. The number of hydrogen-bond donors (Lipinski definition) is 1. The molecule has 0 aliphatic rings. The number of halogens is 1. The maximum atomic E-state index is 13.1. The summed E-state index contributed by atoms with van der Waals surface area (Å²) in [6.45, 7) is 5.50. The Labute approximate surface area is 79.0 Å². The van der Waals surface area contributed by atoms with Crippen molar-refractivity contribution in [2.45, 2.75) is 26.4 Å². The molecule has 1 aromatic rings. The number of rotatable bonds is 3. The van der Waals surface area contributed by atoms with Crippen LogP contribution in [0.2, 0.25) is 0 Å². The van der Waals surface area contributed by atoms with Crippen LogP contribution >= 0.6 is 0 Å². The minimum Gasteiger partial charge on any atom is -0.382 e. The van der Waals surface area contributed by atoms with E-state index in [1.54, 1.807) is 13.8 Å². The van der Waals surface area contributed by atoms with Gasteiger partial charge in [-0.3, -0.25) is 0 Å². The Hall–Kier alpha value is -1.05. The third-order valence-corrected chi connectivity index (χ3v) is 1.76. The number of alkyl halides is 1. The Bertz CT molecular complexity index is 258. The van der Waals surface area contributed by atoms with Crippen LogP contribution in [0.5, 0.6) is 0 Å². The Morgan fingerprint density at radius 1 is 1.23 bits per heavy atom. The van der Waals surface area contributed by atoms with Gasteiger partial charge in [0.2, 0.25) is 0 Å². The summed E-state index contributed by atoms with van der Waals surface area (Å²) in [6, 6.07) is 7.93. The molecule has 13 heavy (non-hydrogen) atoms. The molecule has 0 bridgehead atoms. The van der Waals surface area contributed by atoms with Gasteiger partial charge in [-0.1, -0.05) is 17.7 Å². The van der Waals surface area contributed by atoms with E-state index in [1.165, 1.54) is 5.56 Å². The molecule has 0 heterocycles. The minimum atomic E-state index is -1.16. The first-order valence-corrected chi connectivity index (χ1v) is 4.47. The maximum Gasteiger partial charge on any atom is 0.122 e. The molecular formula is C11H16FN. The van der Waals surface area contributed by atoms with Crippen molar-refractivity contribution in [2.75, 3.05) is 11.9 Å². The summed E-state index contributed by atoms with van der Waals surface area (Å²) in [7, 11) is 0. The zero-order valence-corrected chi connectivity index (χ0v) is 8.39. The second-order valence-corrected chi connectivity index (χ2v) is 3.94. The molecule has 0 unspecified atom stereocenters. The van der Waals surface area contributed by atoms with Crippen LogP contribution in [0.3, 0.4) is 0 Å². The summed E-state index contributed by atoms with van der Waals surface area (Å²) < 4.78 is 13.1. The molecule has 0 spiro atoms. The van der Waals surface area contributed by atoms with Gasteiger partial charge in [0.25, 0.3) is 0 Å². The van der Waals surface area contributed by atoms with E-state index < -0.39 is 5.67 Å². The smallest absolute Gasteiger partial charge is 0.122 e. The summed E-state index contributed by atoms with van der Waals surface area (Å²) in [4.78, 5) is 0. The van der Waals surface area contributed by atoms with Crippen molar-refractivity contribution >= 4 is 5.69 Å². The van der Waals surface area contributed by atoms with Crippen molar-refractivity contribution in [2.24, 2.45) is 0 Å². The monoisotopic (exact) mass is 181 g/mol.